The van der Waals surface area contributed by atoms with Crippen LogP contribution >= 0.6 is 0 Å². The van der Waals surface area contributed by atoms with Crippen molar-refractivity contribution in [2.75, 3.05) is 7.11 Å². The second kappa shape index (κ2) is 6.97. The fraction of sp³-hybridized carbons (Fsp3) is 0.0556. The van der Waals surface area contributed by atoms with Gasteiger partial charge in [-0.1, -0.05) is 30.6 Å². The third-order valence-electron chi connectivity index (χ3n) is 2.74. The molecular weight excluding hydrogens is 264 g/mol. The van der Waals surface area contributed by atoms with Crippen LogP contribution in [0.1, 0.15) is 21.5 Å². The van der Waals surface area contributed by atoms with E-state index in [-0.39, 0.29) is 5.97 Å². The van der Waals surface area contributed by atoms with E-state index in [2.05, 4.69) is 23.2 Å². The van der Waals surface area contributed by atoms with Crippen molar-refractivity contribution in [2.24, 2.45) is 0 Å². The number of carbonyl (C=O) groups is 1. The number of rotatable bonds is 3. The molecule has 3 heteroatoms. The highest BCUT2D eigenvalue weighted by atomic mass is 16.5. The van der Waals surface area contributed by atoms with Crippen molar-refractivity contribution in [3.8, 4) is 17.6 Å². The monoisotopic (exact) mass is 278 g/mol. The van der Waals surface area contributed by atoms with Gasteiger partial charge >= 0.3 is 5.97 Å². The summed E-state index contributed by atoms with van der Waals surface area (Å²) in [5.41, 5.74) is 2.07. The Kier molecular flexibility index (Phi) is 4.79. The molecule has 0 saturated heterocycles. The molecule has 0 aliphatic rings. The molecule has 104 valence electrons. The van der Waals surface area contributed by atoms with Crippen molar-refractivity contribution in [2.45, 2.75) is 0 Å². The van der Waals surface area contributed by atoms with Gasteiger partial charge in [0.15, 0.2) is 0 Å². The molecule has 0 spiro atoms. The highest BCUT2D eigenvalue weighted by Gasteiger charge is 2.03. The van der Waals surface area contributed by atoms with E-state index in [4.69, 9.17) is 4.74 Å². The summed E-state index contributed by atoms with van der Waals surface area (Å²) in [7, 11) is 1.35. The normalized spacial score (nSPS) is 9.19. The summed E-state index contributed by atoms with van der Waals surface area (Å²) in [5.74, 6) is 6.36. The topological polar surface area (TPSA) is 35.5 Å². The average molecular weight is 278 g/mol. The third-order valence-corrected chi connectivity index (χ3v) is 2.74. The molecule has 0 heterocycles. The minimum Gasteiger partial charge on any atom is -0.465 e. The Morgan fingerprint density at radius 3 is 2.48 bits per heavy atom. The number of ether oxygens (including phenoxy) is 2. The molecule has 0 saturated carbocycles. The molecule has 0 aliphatic heterocycles. The summed E-state index contributed by atoms with van der Waals surface area (Å²) in [6, 6.07) is 14.4. The summed E-state index contributed by atoms with van der Waals surface area (Å²) in [4.78, 5) is 11.3. The van der Waals surface area contributed by atoms with Crippen molar-refractivity contribution in [1.29, 1.82) is 0 Å². The fourth-order valence-electron chi connectivity index (χ4n) is 1.71. The first-order valence-electron chi connectivity index (χ1n) is 6.31. The zero-order valence-corrected chi connectivity index (χ0v) is 11.6. The Morgan fingerprint density at radius 1 is 1.10 bits per heavy atom. The molecule has 3 nitrogen and oxygen atoms in total. The molecule has 2 aromatic rings. The molecular formula is C18H14O3. The highest BCUT2D eigenvalue weighted by Crippen LogP contribution is 2.17. The minimum atomic E-state index is -0.362. The standard InChI is InChI=1S/C18H14O3/c1-3-21-17-7-5-4-6-15(17)11-8-14-9-12-16(13-10-14)18(19)20-2/h3-7,9-10,12-13H,1H2,2H3. The van der Waals surface area contributed by atoms with Crippen LogP contribution in [0, 0.1) is 11.8 Å². The van der Waals surface area contributed by atoms with Gasteiger partial charge < -0.3 is 9.47 Å². The Bertz CT molecular complexity index is 703. The lowest BCUT2D eigenvalue weighted by Gasteiger charge is -2.01. The van der Waals surface area contributed by atoms with Crippen molar-refractivity contribution in [1.82, 2.24) is 0 Å². The molecule has 0 radical (unpaired) electrons. The van der Waals surface area contributed by atoms with Gasteiger partial charge in [-0.15, -0.1) is 0 Å². The lowest BCUT2D eigenvalue weighted by molar-refractivity contribution is 0.0600. The quantitative estimate of drug-likeness (QED) is 0.490. The van der Waals surface area contributed by atoms with Crippen LogP contribution in [0.25, 0.3) is 0 Å². The molecule has 0 aliphatic carbocycles. The zero-order chi connectivity index (χ0) is 15.1. The molecule has 2 aromatic carbocycles. The molecule has 21 heavy (non-hydrogen) atoms. The predicted octanol–water partition coefficient (Wildman–Crippen LogP) is 3.40. The van der Waals surface area contributed by atoms with Gasteiger partial charge in [-0.05, 0) is 36.4 Å². The maximum atomic E-state index is 11.3. The summed E-state index contributed by atoms with van der Waals surface area (Å²) in [6.07, 6.45) is 1.37. The summed E-state index contributed by atoms with van der Waals surface area (Å²) in [6.45, 7) is 3.54. The van der Waals surface area contributed by atoms with Gasteiger partial charge in [0.1, 0.15) is 5.75 Å². The van der Waals surface area contributed by atoms with Gasteiger partial charge in [-0.3, -0.25) is 0 Å². The molecule has 0 bridgehead atoms. The van der Waals surface area contributed by atoms with Crippen LogP contribution in [-0.2, 0) is 4.74 Å². The maximum absolute atomic E-state index is 11.3. The molecule has 0 aromatic heterocycles. The highest BCUT2D eigenvalue weighted by molar-refractivity contribution is 5.89. The van der Waals surface area contributed by atoms with Gasteiger partial charge in [0.05, 0.1) is 24.5 Å². The fourth-order valence-corrected chi connectivity index (χ4v) is 1.71. The molecule has 0 N–H and O–H groups in total. The molecule has 0 fully saturated rings. The minimum absolute atomic E-state index is 0.362. The van der Waals surface area contributed by atoms with Crippen LogP contribution in [0.5, 0.6) is 5.75 Å². The largest absolute Gasteiger partial charge is 0.465 e. The van der Waals surface area contributed by atoms with Gasteiger partial charge in [0, 0.05) is 5.56 Å². The summed E-state index contributed by atoms with van der Waals surface area (Å²) >= 11 is 0. The Balaban J connectivity index is 2.23. The lowest BCUT2D eigenvalue weighted by Crippen LogP contribution is -2.00. The average Bonchev–Trinajstić information content (AvgIpc) is 2.54. The number of hydrogen-bond donors (Lipinski definition) is 0. The molecule has 0 atom stereocenters. The molecule has 2 rings (SSSR count). The number of hydrogen-bond acceptors (Lipinski definition) is 3. The van der Waals surface area contributed by atoms with Gasteiger partial charge in [0.2, 0.25) is 0 Å². The van der Waals surface area contributed by atoms with Crippen molar-refractivity contribution >= 4 is 5.97 Å². The van der Waals surface area contributed by atoms with E-state index in [1.54, 1.807) is 24.3 Å². The SMILES string of the molecule is C=COc1ccccc1C#Cc1ccc(C(=O)OC)cc1. The third kappa shape index (κ3) is 3.74. The van der Waals surface area contributed by atoms with Crippen LogP contribution in [-0.4, -0.2) is 13.1 Å². The van der Waals surface area contributed by atoms with Gasteiger partial charge in [-0.25, -0.2) is 4.79 Å². The first-order valence-corrected chi connectivity index (χ1v) is 6.31. The van der Waals surface area contributed by atoms with E-state index >= 15 is 0 Å². The van der Waals surface area contributed by atoms with E-state index in [1.165, 1.54) is 13.4 Å². The van der Waals surface area contributed by atoms with Crippen LogP contribution in [0.2, 0.25) is 0 Å². The van der Waals surface area contributed by atoms with E-state index in [9.17, 15) is 4.79 Å². The maximum Gasteiger partial charge on any atom is 0.337 e. The number of carbonyl (C=O) groups excluding carboxylic acids is 1. The van der Waals surface area contributed by atoms with Crippen molar-refractivity contribution < 1.29 is 14.3 Å². The number of benzene rings is 2. The summed E-state index contributed by atoms with van der Waals surface area (Å²) in [5, 5.41) is 0. The number of methoxy groups -OCH3 is 1. The van der Waals surface area contributed by atoms with E-state index in [1.807, 2.05) is 24.3 Å². The first-order chi connectivity index (χ1) is 10.2. The van der Waals surface area contributed by atoms with E-state index < -0.39 is 0 Å². The summed E-state index contributed by atoms with van der Waals surface area (Å²) < 4.78 is 9.94. The van der Waals surface area contributed by atoms with Crippen LogP contribution in [0.4, 0.5) is 0 Å². The van der Waals surface area contributed by atoms with Crippen LogP contribution in [0.3, 0.4) is 0 Å². The van der Waals surface area contributed by atoms with E-state index in [0.717, 1.165) is 11.1 Å². The molecule has 0 unspecified atom stereocenters. The molecule has 0 amide bonds. The zero-order valence-electron chi connectivity index (χ0n) is 11.6. The smallest absolute Gasteiger partial charge is 0.337 e. The second-order valence-corrected chi connectivity index (χ2v) is 4.10. The van der Waals surface area contributed by atoms with Crippen molar-refractivity contribution in [3.63, 3.8) is 0 Å². The van der Waals surface area contributed by atoms with Gasteiger partial charge in [-0.2, -0.15) is 0 Å². The lowest BCUT2D eigenvalue weighted by atomic mass is 10.1. The Morgan fingerprint density at radius 2 is 1.81 bits per heavy atom. The second-order valence-electron chi connectivity index (χ2n) is 4.10. The Hall–Kier alpha value is -2.99. The number of esters is 1. The van der Waals surface area contributed by atoms with E-state index in [0.29, 0.717) is 11.3 Å². The van der Waals surface area contributed by atoms with Crippen LogP contribution in [0.15, 0.2) is 61.4 Å². The van der Waals surface area contributed by atoms with Crippen LogP contribution < -0.4 is 4.74 Å². The first kappa shape index (κ1) is 14.4. The number of para-hydroxylation sites is 1. The predicted molar refractivity (Wildman–Crippen MR) is 81.0 cm³/mol. The van der Waals surface area contributed by atoms with Crippen molar-refractivity contribution in [3.05, 3.63) is 78.1 Å². The Labute approximate surface area is 123 Å². The van der Waals surface area contributed by atoms with Gasteiger partial charge in [0.25, 0.3) is 0 Å².